The zero-order valence-corrected chi connectivity index (χ0v) is 61.9. The SMILES string of the molecule is CC(C)(C)OC(=O)Cc1nc2c(-c3cccc(Cl)c3)c(F)c(Cc3ccc(N)cc3)cc2s1.CC(C)(C)OC(=O)Cc1nc2c(-c3cccc(Cl)c3)c(F)c(Cc3ccc([NH+]([O-])O)cc3)cc2s1.Cl.NC(=O)Nc1ccc(Cc2cc3sc(N)nc3c(-c3cccc(Cl)c3)c2F)cc1.[CH3-].[Pd]. The monoisotopic (exact) mass is 1580 g/mol. The van der Waals surface area contributed by atoms with E-state index < -0.39 is 34.2 Å². The van der Waals surface area contributed by atoms with Gasteiger partial charge in [-0.15, -0.1) is 35.1 Å². The fourth-order valence-corrected chi connectivity index (χ4v) is 14.0. The molecule has 0 saturated heterocycles. The third kappa shape index (κ3) is 20.6. The number of anilines is 3. The van der Waals surface area contributed by atoms with Gasteiger partial charge in [0.25, 0.3) is 0 Å². The number of esters is 2. The van der Waals surface area contributed by atoms with Crippen LogP contribution < -0.4 is 27.7 Å². The van der Waals surface area contributed by atoms with Gasteiger partial charge in [-0.3, -0.25) is 9.59 Å². The first kappa shape index (κ1) is 79.3. The number of halogens is 7. The standard InChI is InChI=1S/C26H24ClFN2O4S.C26H24ClFN2O2S.C21H16ClFN4OS.CH3.ClH.Pd/c1-26(2,3)34-22(31)14-21-29-25-20(35-21)13-17(11-15-7-9-19(10-8-15)30(32)33)24(28)23(25)16-5-4-6-18(27)12-16;1-26(2,3)32-22(31)14-21-30-25-20(33-21)13-17(11-15-7-9-19(29)10-8-15)24(28)23(25)16-5-4-6-18(27)12-16;22-14-3-1-2-12(9-14)17-18(23)13(10-16-19(17)27-21(25)29-16)8-11-4-6-15(7-5-11)26-20(24)28;;;/h4-10,12-13,30,32H,11,14H2,1-3H3;4-10,12-13H,11,14,29H2,1-3H3;1-7,9-10H,8H2,(H2,25,27)(H3,24,26,28);1H3;1H;/q;;;-1;;. The number of carbonyl (C=O) groups excluding carboxylic acids is 3. The van der Waals surface area contributed by atoms with E-state index in [4.69, 9.17) is 66.7 Å². The number of aromatic nitrogens is 3. The third-order valence-corrected chi connectivity index (χ3v) is 18.1. The Hall–Kier alpha value is -8.05. The van der Waals surface area contributed by atoms with E-state index in [-0.39, 0.29) is 82.8 Å². The molecular formula is C74H68Cl4F3N8O7PdS3-. The fourth-order valence-electron chi connectivity index (χ4n) is 10.6. The molecule has 0 bridgehead atoms. The van der Waals surface area contributed by atoms with Crippen LogP contribution in [0.1, 0.15) is 84.9 Å². The molecule has 0 aliphatic rings. The Morgan fingerprint density at radius 1 is 0.540 bits per heavy atom. The Morgan fingerprint density at radius 3 is 1.22 bits per heavy atom. The van der Waals surface area contributed by atoms with Crippen molar-refractivity contribution in [3.8, 4) is 33.4 Å². The summed E-state index contributed by atoms with van der Waals surface area (Å²) in [6.45, 7) is 10.8. The van der Waals surface area contributed by atoms with Crippen molar-refractivity contribution < 1.29 is 67.9 Å². The number of hydrogen-bond acceptors (Lipinski definition) is 15. The maximum absolute atomic E-state index is 15.9. The second kappa shape index (κ2) is 34.1. The number of amides is 2. The number of benzene rings is 9. The number of nitrogens with one attached hydrogen (secondary N) is 2. The molecule has 1 atom stereocenters. The molecule has 15 nitrogen and oxygen atoms in total. The Labute approximate surface area is 623 Å². The van der Waals surface area contributed by atoms with Gasteiger partial charge in [0, 0.05) is 95.0 Å². The summed E-state index contributed by atoms with van der Waals surface area (Å²) >= 11 is 22.5. The number of rotatable bonds is 15. The summed E-state index contributed by atoms with van der Waals surface area (Å²) in [6.07, 6.45) is 1.03. The van der Waals surface area contributed by atoms with Crippen molar-refractivity contribution in [3.63, 3.8) is 0 Å². The van der Waals surface area contributed by atoms with Crippen molar-refractivity contribution in [1.82, 2.24) is 15.0 Å². The van der Waals surface area contributed by atoms with E-state index >= 15 is 13.2 Å². The molecule has 100 heavy (non-hydrogen) atoms. The van der Waals surface area contributed by atoms with Crippen LogP contribution in [0.4, 0.5) is 40.2 Å². The first-order valence-corrected chi connectivity index (χ1v) is 33.7. The summed E-state index contributed by atoms with van der Waals surface area (Å²) in [4.78, 5) is 49.2. The fraction of sp³-hybridized carbons (Fsp3) is 0.176. The van der Waals surface area contributed by atoms with Gasteiger partial charge in [0.2, 0.25) is 0 Å². The Balaban J connectivity index is 0.000000208. The topological polar surface area (TPSA) is 246 Å². The number of primary amides is 1. The number of nitrogens with zero attached hydrogens (tertiary/aromatic N) is 3. The van der Waals surface area contributed by atoms with Gasteiger partial charge >= 0.3 is 18.0 Å². The molecule has 9 N–H and O–H groups in total. The molecule has 0 fully saturated rings. The van der Waals surface area contributed by atoms with Gasteiger partial charge in [0.1, 0.15) is 38.7 Å². The number of urea groups is 1. The Bertz CT molecular complexity index is 4920. The number of quaternary nitrogens is 1. The second-order valence-electron chi connectivity index (χ2n) is 24.5. The molecular weight excluding hydrogens is 1510 g/mol. The molecule has 9 aromatic carbocycles. The molecule has 0 radical (unpaired) electrons. The molecule has 3 heterocycles. The number of thiazole rings is 3. The van der Waals surface area contributed by atoms with Crippen LogP contribution in [0.2, 0.25) is 15.1 Å². The first-order valence-electron chi connectivity index (χ1n) is 30.1. The minimum Gasteiger partial charge on any atom is -0.595 e. The maximum Gasteiger partial charge on any atom is 0.316 e. The van der Waals surface area contributed by atoms with Crippen molar-refractivity contribution >= 4 is 152 Å². The van der Waals surface area contributed by atoms with E-state index in [9.17, 15) is 19.6 Å². The zero-order valence-electron chi connectivity index (χ0n) is 54.8. The van der Waals surface area contributed by atoms with E-state index in [1.165, 1.54) is 46.1 Å². The molecule has 0 saturated carbocycles. The van der Waals surface area contributed by atoms with Gasteiger partial charge in [-0.1, -0.05) is 119 Å². The second-order valence-corrected chi connectivity index (χ2v) is 29.1. The maximum atomic E-state index is 15.9. The molecule has 0 aliphatic heterocycles. The van der Waals surface area contributed by atoms with Gasteiger partial charge in [0.15, 0.2) is 10.8 Å². The molecule has 26 heteroatoms. The van der Waals surface area contributed by atoms with E-state index in [0.717, 1.165) is 30.8 Å². The summed E-state index contributed by atoms with van der Waals surface area (Å²) in [6, 6.07) is 46.5. The molecule has 524 valence electrons. The van der Waals surface area contributed by atoms with Crippen molar-refractivity contribution in [2.24, 2.45) is 5.73 Å². The summed E-state index contributed by atoms with van der Waals surface area (Å²) in [5, 5.41) is 24.7. The number of hydrogen-bond donors (Lipinski definition) is 6. The first-order chi connectivity index (χ1) is 46.0. The van der Waals surface area contributed by atoms with Gasteiger partial charge in [-0.25, -0.2) is 38.1 Å². The molecule has 3 aromatic heterocycles. The minimum atomic E-state index is -1.02. The number of ether oxygens (including phenoxy) is 2. The quantitative estimate of drug-likeness (QED) is 0.0184. The zero-order chi connectivity index (χ0) is 69.6. The summed E-state index contributed by atoms with van der Waals surface area (Å²) in [5.74, 6) is -1.91. The number of carbonyl (C=O) groups is 3. The molecule has 12 rings (SSSR count). The van der Waals surface area contributed by atoms with Crippen molar-refractivity contribution in [3.05, 3.63) is 252 Å². The molecule has 0 aliphatic carbocycles. The van der Waals surface area contributed by atoms with Crippen LogP contribution in [0.25, 0.3) is 64.0 Å². The van der Waals surface area contributed by atoms with E-state index in [2.05, 4.69) is 20.3 Å². The van der Waals surface area contributed by atoms with E-state index in [1.807, 2.05) is 57.2 Å². The Morgan fingerprint density at radius 2 is 0.880 bits per heavy atom. The number of nitrogens with two attached hydrogens (primary N) is 3. The van der Waals surface area contributed by atoms with E-state index in [0.29, 0.717) is 121 Å². The Kier molecular flexibility index (Phi) is 27.0. The largest absolute Gasteiger partial charge is 0.595 e. The number of fused-ring (bicyclic) bond motifs is 3. The summed E-state index contributed by atoms with van der Waals surface area (Å²) < 4.78 is 60.6. The van der Waals surface area contributed by atoms with Crippen LogP contribution in [0.15, 0.2) is 164 Å². The number of nitrogen functional groups attached to an aromatic ring is 2. The van der Waals surface area contributed by atoms with E-state index in [1.54, 1.807) is 136 Å². The van der Waals surface area contributed by atoms with Crippen LogP contribution in [-0.4, -0.2) is 49.3 Å². The van der Waals surface area contributed by atoms with Crippen LogP contribution >= 0.6 is 81.2 Å². The van der Waals surface area contributed by atoms with Gasteiger partial charge in [0.05, 0.1) is 43.5 Å². The minimum absolute atomic E-state index is 0. The third-order valence-electron chi connectivity index (χ3n) is 14.6. The predicted molar refractivity (Wildman–Crippen MR) is 398 cm³/mol. The molecule has 1 unspecified atom stereocenters. The van der Waals surface area contributed by atoms with Gasteiger partial charge in [-0.05, 0) is 170 Å². The average molecular weight is 1580 g/mol. The van der Waals surface area contributed by atoms with Crippen LogP contribution in [-0.2, 0) is 71.6 Å². The van der Waals surface area contributed by atoms with Gasteiger partial charge in [-0.2, -0.15) is 5.23 Å². The smallest absolute Gasteiger partial charge is 0.316 e. The summed E-state index contributed by atoms with van der Waals surface area (Å²) in [7, 11) is 0. The molecule has 0 spiro atoms. The molecule has 2 amide bonds. The van der Waals surface area contributed by atoms with Crippen LogP contribution in [0.5, 0.6) is 0 Å². The van der Waals surface area contributed by atoms with Crippen LogP contribution in [0, 0.1) is 30.1 Å². The average Bonchev–Trinajstić information content (AvgIpc) is 1.55. The predicted octanol–water partition coefficient (Wildman–Crippen LogP) is 18.7. The summed E-state index contributed by atoms with van der Waals surface area (Å²) in [5.41, 5.74) is 25.5. The normalized spacial score (nSPS) is 11.5. The van der Waals surface area contributed by atoms with Crippen LogP contribution in [0.3, 0.4) is 0 Å². The van der Waals surface area contributed by atoms with Crippen molar-refractivity contribution in [1.29, 1.82) is 0 Å². The van der Waals surface area contributed by atoms with Crippen molar-refractivity contribution in [2.45, 2.75) is 84.8 Å². The van der Waals surface area contributed by atoms with Crippen molar-refractivity contribution in [2.75, 3.05) is 16.8 Å². The van der Waals surface area contributed by atoms with Gasteiger partial charge < -0.3 is 44.6 Å². The molecule has 12 aromatic rings.